The van der Waals surface area contributed by atoms with Gasteiger partial charge in [-0.2, -0.15) is 4.31 Å². The van der Waals surface area contributed by atoms with Crippen molar-refractivity contribution in [2.24, 2.45) is 0 Å². The minimum absolute atomic E-state index is 0.107. The summed E-state index contributed by atoms with van der Waals surface area (Å²) < 4.78 is 32.3. The van der Waals surface area contributed by atoms with Crippen LogP contribution in [0.1, 0.15) is 38.2 Å². The molecule has 0 unspecified atom stereocenters. The zero-order valence-electron chi connectivity index (χ0n) is 15.3. The first-order valence-electron chi connectivity index (χ1n) is 8.82. The summed E-state index contributed by atoms with van der Waals surface area (Å²) in [4.78, 5) is 14.6. The number of hydrogen-bond acceptors (Lipinski definition) is 4. The van der Waals surface area contributed by atoms with E-state index < -0.39 is 10.0 Å². The van der Waals surface area contributed by atoms with Gasteiger partial charge in [-0.15, -0.1) is 0 Å². The van der Waals surface area contributed by atoms with Gasteiger partial charge < -0.3 is 9.64 Å². The third-order valence-corrected chi connectivity index (χ3v) is 6.54. The Balaban J connectivity index is 2.17. The van der Waals surface area contributed by atoms with Gasteiger partial charge in [0.15, 0.2) is 0 Å². The molecule has 1 saturated heterocycles. The quantitative estimate of drug-likeness (QED) is 0.773. The van der Waals surface area contributed by atoms with Gasteiger partial charge in [-0.3, -0.25) is 4.79 Å². The van der Waals surface area contributed by atoms with Crippen molar-refractivity contribution in [1.82, 2.24) is 9.21 Å². The number of likely N-dealkylation sites (tertiary alicyclic amines) is 1. The number of ether oxygens (including phenoxy) is 1. The molecule has 0 aliphatic carbocycles. The van der Waals surface area contributed by atoms with Crippen LogP contribution in [0.2, 0.25) is 0 Å². The summed E-state index contributed by atoms with van der Waals surface area (Å²) in [6.07, 6.45) is 4.24. The summed E-state index contributed by atoms with van der Waals surface area (Å²) >= 11 is 0. The smallest absolute Gasteiger partial charge is 0.243 e. The zero-order chi connectivity index (χ0) is 18.4. The standard InChI is InChI=1S/C18H28N2O4S/c1-4-20(14-18(21)19-11-7-5-6-8-12-19)25(22,23)16-9-10-17(24-3)15(2)13-16/h9-10,13H,4-8,11-12,14H2,1-3H3. The number of hydrogen-bond donors (Lipinski definition) is 0. The predicted octanol–water partition coefficient (Wildman–Crippen LogP) is 2.42. The van der Waals surface area contributed by atoms with E-state index in [1.54, 1.807) is 38.0 Å². The fraction of sp³-hybridized carbons (Fsp3) is 0.611. The first-order chi connectivity index (χ1) is 11.9. The van der Waals surface area contributed by atoms with Gasteiger partial charge in [0.25, 0.3) is 0 Å². The maximum Gasteiger partial charge on any atom is 0.243 e. The lowest BCUT2D eigenvalue weighted by atomic mass is 10.2. The van der Waals surface area contributed by atoms with E-state index in [9.17, 15) is 13.2 Å². The van der Waals surface area contributed by atoms with Gasteiger partial charge in [0, 0.05) is 19.6 Å². The maximum atomic E-state index is 12.9. The number of carbonyl (C=O) groups is 1. The third-order valence-electron chi connectivity index (χ3n) is 4.63. The van der Waals surface area contributed by atoms with Crippen molar-refractivity contribution >= 4 is 15.9 Å². The molecule has 0 radical (unpaired) electrons. The van der Waals surface area contributed by atoms with Crippen LogP contribution < -0.4 is 4.74 Å². The fourth-order valence-corrected chi connectivity index (χ4v) is 4.58. The number of methoxy groups -OCH3 is 1. The number of rotatable bonds is 6. The van der Waals surface area contributed by atoms with E-state index in [0.717, 1.165) is 44.3 Å². The molecule has 0 N–H and O–H groups in total. The largest absolute Gasteiger partial charge is 0.496 e. The summed E-state index contributed by atoms with van der Waals surface area (Å²) in [5.41, 5.74) is 0.749. The molecule has 6 nitrogen and oxygen atoms in total. The van der Waals surface area contributed by atoms with E-state index >= 15 is 0 Å². The number of carbonyl (C=O) groups excluding carboxylic acids is 1. The summed E-state index contributed by atoms with van der Waals surface area (Å²) in [7, 11) is -2.16. The molecule has 1 aromatic rings. The molecule has 140 valence electrons. The average molecular weight is 368 g/mol. The molecule has 1 fully saturated rings. The Kier molecular flexibility index (Phi) is 6.84. The van der Waals surface area contributed by atoms with E-state index in [4.69, 9.17) is 4.74 Å². The summed E-state index contributed by atoms with van der Waals surface area (Å²) in [5, 5.41) is 0. The van der Waals surface area contributed by atoms with Gasteiger partial charge in [0.1, 0.15) is 5.75 Å². The van der Waals surface area contributed by atoms with E-state index in [-0.39, 0.29) is 23.9 Å². The van der Waals surface area contributed by atoms with E-state index in [1.165, 1.54) is 10.4 Å². The van der Waals surface area contributed by atoms with Crippen LogP contribution in [0.3, 0.4) is 0 Å². The third kappa shape index (κ3) is 4.73. The van der Waals surface area contributed by atoms with Crippen LogP contribution in [0.4, 0.5) is 0 Å². The molecule has 0 saturated carbocycles. The van der Waals surface area contributed by atoms with Crippen molar-refractivity contribution in [1.29, 1.82) is 0 Å². The molecule has 0 atom stereocenters. The minimum atomic E-state index is -3.71. The molecule has 25 heavy (non-hydrogen) atoms. The molecule has 0 bridgehead atoms. The highest BCUT2D eigenvalue weighted by atomic mass is 32.2. The first kappa shape index (κ1) is 19.7. The van der Waals surface area contributed by atoms with Crippen molar-refractivity contribution in [2.75, 3.05) is 33.3 Å². The number of aryl methyl sites for hydroxylation is 1. The molecule has 1 aromatic carbocycles. The lowest BCUT2D eigenvalue weighted by Crippen LogP contribution is -2.43. The Morgan fingerprint density at radius 3 is 2.36 bits per heavy atom. The topological polar surface area (TPSA) is 66.9 Å². The maximum absolute atomic E-state index is 12.9. The van der Waals surface area contributed by atoms with E-state index in [1.807, 2.05) is 0 Å². The second-order valence-electron chi connectivity index (χ2n) is 6.36. The Morgan fingerprint density at radius 1 is 1.20 bits per heavy atom. The van der Waals surface area contributed by atoms with Crippen LogP contribution in [0.15, 0.2) is 23.1 Å². The van der Waals surface area contributed by atoms with Crippen LogP contribution in [0.5, 0.6) is 5.75 Å². The van der Waals surface area contributed by atoms with Gasteiger partial charge in [-0.25, -0.2) is 8.42 Å². The van der Waals surface area contributed by atoms with Gasteiger partial charge >= 0.3 is 0 Å². The lowest BCUT2D eigenvalue weighted by molar-refractivity contribution is -0.131. The first-order valence-corrected chi connectivity index (χ1v) is 10.3. The number of benzene rings is 1. The predicted molar refractivity (Wildman–Crippen MR) is 97.2 cm³/mol. The summed E-state index contributed by atoms with van der Waals surface area (Å²) in [5.74, 6) is 0.528. The number of sulfonamides is 1. The molecule has 0 aromatic heterocycles. The highest BCUT2D eigenvalue weighted by Crippen LogP contribution is 2.24. The lowest BCUT2D eigenvalue weighted by Gasteiger charge is -2.25. The summed E-state index contributed by atoms with van der Waals surface area (Å²) in [6.45, 7) is 5.15. The molecule has 1 aliphatic heterocycles. The van der Waals surface area contributed by atoms with Gasteiger partial charge in [0.05, 0.1) is 18.6 Å². The van der Waals surface area contributed by atoms with E-state index in [2.05, 4.69) is 0 Å². The second-order valence-corrected chi connectivity index (χ2v) is 8.30. The monoisotopic (exact) mass is 368 g/mol. The zero-order valence-corrected chi connectivity index (χ0v) is 16.1. The minimum Gasteiger partial charge on any atom is -0.496 e. The normalized spacial score (nSPS) is 15.9. The van der Waals surface area contributed by atoms with Crippen LogP contribution in [0.25, 0.3) is 0 Å². The molecule has 2 rings (SSSR count). The molecule has 1 heterocycles. The summed E-state index contributed by atoms with van der Waals surface area (Å²) in [6, 6.07) is 4.76. The molecule has 7 heteroatoms. The molecular formula is C18H28N2O4S. The molecule has 1 amide bonds. The van der Waals surface area contributed by atoms with Crippen LogP contribution in [0, 0.1) is 6.92 Å². The van der Waals surface area contributed by atoms with Gasteiger partial charge in [-0.1, -0.05) is 19.8 Å². The van der Waals surface area contributed by atoms with Crippen molar-refractivity contribution in [3.05, 3.63) is 23.8 Å². The fourth-order valence-electron chi connectivity index (χ4n) is 3.10. The van der Waals surface area contributed by atoms with Crippen LogP contribution in [-0.2, 0) is 14.8 Å². The van der Waals surface area contributed by atoms with Crippen molar-refractivity contribution in [2.45, 2.75) is 44.4 Å². The number of amides is 1. The van der Waals surface area contributed by atoms with E-state index in [0.29, 0.717) is 5.75 Å². The average Bonchev–Trinajstić information content (AvgIpc) is 2.88. The molecular weight excluding hydrogens is 340 g/mol. The Morgan fingerprint density at radius 2 is 1.84 bits per heavy atom. The number of likely N-dealkylation sites (N-methyl/N-ethyl adjacent to an activating group) is 1. The van der Waals surface area contributed by atoms with Crippen molar-refractivity contribution in [3.8, 4) is 5.75 Å². The van der Waals surface area contributed by atoms with Crippen LogP contribution in [-0.4, -0.2) is 56.8 Å². The highest BCUT2D eigenvalue weighted by Gasteiger charge is 2.28. The van der Waals surface area contributed by atoms with Crippen LogP contribution >= 0.6 is 0 Å². The highest BCUT2D eigenvalue weighted by molar-refractivity contribution is 7.89. The Bertz CT molecular complexity index is 695. The van der Waals surface area contributed by atoms with Gasteiger partial charge in [-0.05, 0) is 43.5 Å². The second kappa shape index (κ2) is 8.67. The van der Waals surface area contributed by atoms with Crippen molar-refractivity contribution < 1.29 is 17.9 Å². The Labute approximate surface area is 150 Å². The molecule has 0 spiro atoms. The van der Waals surface area contributed by atoms with Crippen molar-refractivity contribution in [3.63, 3.8) is 0 Å². The van der Waals surface area contributed by atoms with Gasteiger partial charge in [0.2, 0.25) is 15.9 Å². The SMILES string of the molecule is CCN(CC(=O)N1CCCCCC1)S(=O)(=O)c1ccc(OC)c(C)c1. The Hall–Kier alpha value is -1.60. The number of nitrogens with zero attached hydrogens (tertiary/aromatic N) is 2. The molecule has 1 aliphatic rings.